The molecule has 1 unspecified atom stereocenters. The number of para-hydroxylation sites is 1. The van der Waals surface area contributed by atoms with Gasteiger partial charge < -0.3 is 9.47 Å². The van der Waals surface area contributed by atoms with E-state index in [1.807, 2.05) is 18.2 Å². The molecule has 0 bridgehead atoms. The zero-order chi connectivity index (χ0) is 10.5. The van der Waals surface area contributed by atoms with Gasteiger partial charge in [-0.3, -0.25) is 0 Å². The van der Waals surface area contributed by atoms with E-state index in [2.05, 4.69) is 12.6 Å². The molecule has 2 rings (SSSR count). The largest absolute Gasteiger partial charge is 0.489 e. The maximum absolute atomic E-state index is 5.58. The summed E-state index contributed by atoms with van der Waals surface area (Å²) < 4.78 is 10.8. The Morgan fingerprint density at radius 3 is 3.00 bits per heavy atom. The monoisotopic (exact) mass is 204 g/mol. The van der Waals surface area contributed by atoms with Gasteiger partial charge in [-0.1, -0.05) is 30.9 Å². The van der Waals surface area contributed by atoms with Crippen molar-refractivity contribution in [2.75, 3.05) is 13.2 Å². The molecule has 1 atom stereocenters. The van der Waals surface area contributed by atoms with Crippen molar-refractivity contribution < 1.29 is 9.47 Å². The second-order valence-corrected chi connectivity index (χ2v) is 3.70. The summed E-state index contributed by atoms with van der Waals surface area (Å²) >= 11 is 0. The van der Waals surface area contributed by atoms with E-state index in [1.165, 1.54) is 5.56 Å². The van der Waals surface area contributed by atoms with Crippen molar-refractivity contribution >= 4 is 0 Å². The Hall–Kier alpha value is -1.28. The van der Waals surface area contributed by atoms with Crippen LogP contribution < -0.4 is 4.74 Å². The zero-order valence-corrected chi connectivity index (χ0v) is 8.82. The number of benzene rings is 1. The summed E-state index contributed by atoms with van der Waals surface area (Å²) in [6.45, 7) is 5.14. The molecular formula is C13H16O2. The highest BCUT2D eigenvalue weighted by Gasteiger charge is 2.22. The van der Waals surface area contributed by atoms with Crippen LogP contribution in [0.1, 0.15) is 12.0 Å². The van der Waals surface area contributed by atoms with E-state index < -0.39 is 0 Å². The fourth-order valence-electron chi connectivity index (χ4n) is 1.55. The molecule has 2 nitrogen and oxygen atoms in total. The van der Waals surface area contributed by atoms with Gasteiger partial charge in [0.2, 0.25) is 0 Å². The fourth-order valence-corrected chi connectivity index (χ4v) is 1.55. The van der Waals surface area contributed by atoms with Gasteiger partial charge in [0.25, 0.3) is 0 Å². The number of epoxide rings is 1. The average Bonchev–Trinajstić information content (AvgIpc) is 3.08. The maximum Gasteiger partial charge on any atom is 0.122 e. The van der Waals surface area contributed by atoms with E-state index in [9.17, 15) is 0 Å². The summed E-state index contributed by atoms with van der Waals surface area (Å²) in [4.78, 5) is 0. The third-order valence-electron chi connectivity index (χ3n) is 2.47. The third kappa shape index (κ3) is 3.10. The lowest BCUT2D eigenvalue weighted by Crippen LogP contribution is -1.98. The minimum absolute atomic E-state index is 0.484. The molecule has 15 heavy (non-hydrogen) atoms. The Morgan fingerprint density at radius 1 is 1.47 bits per heavy atom. The summed E-state index contributed by atoms with van der Waals surface area (Å²) in [7, 11) is 0. The van der Waals surface area contributed by atoms with Crippen LogP contribution in [-0.2, 0) is 11.2 Å². The molecule has 0 amide bonds. The lowest BCUT2D eigenvalue weighted by atomic mass is 10.1. The first-order valence-electron chi connectivity index (χ1n) is 5.33. The molecule has 80 valence electrons. The van der Waals surface area contributed by atoms with Gasteiger partial charge in [-0.05, 0) is 24.5 Å². The number of aryl methyl sites for hydroxylation is 1. The predicted octanol–water partition coefficient (Wildman–Crippen LogP) is 2.58. The van der Waals surface area contributed by atoms with Crippen LogP contribution in [0.3, 0.4) is 0 Å². The molecular weight excluding hydrogens is 188 g/mol. The highest BCUT2D eigenvalue weighted by atomic mass is 16.6. The minimum atomic E-state index is 0.484. The van der Waals surface area contributed by atoms with Crippen LogP contribution in [0.2, 0.25) is 0 Å². The van der Waals surface area contributed by atoms with Crippen LogP contribution in [0.15, 0.2) is 36.9 Å². The van der Waals surface area contributed by atoms with Crippen molar-refractivity contribution in [2.45, 2.75) is 18.9 Å². The van der Waals surface area contributed by atoms with Crippen LogP contribution in [-0.4, -0.2) is 19.3 Å². The van der Waals surface area contributed by atoms with Crippen molar-refractivity contribution in [1.29, 1.82) is 0 Å². The maximum atomic E-state index is 5.58. The molecule has 0 saturated carbocycles. The summed E-state index contributed by atoms with van der Waals surface area (Å²) in [5, 5.41) is 0. The smallest absolute Gasteiger partial charge is 0.122 e. The van der Waals surface area contributed by atoms with E-state index in [1.54, 1.807) is 6.08 Å². The standard InChI is InChI=1S/C13H16O2/c1-2-9-14-13-6-4-3-5-11(13)7-8-12-10-15-12/h2-6,12H,1,7-10H2. The van der Waals surface area contributed by atoms with Crippen molar-refractivity contribution in [3.8, 4) is 5.75 Å². The highest BCUT2D eigenvalue weighted by Crippen LogP contribution is 2.23. The van der Waals surface area contributed by atoms with Crippen molar-refractivity contribution in [2.24, 2.45) is 0 Å². The average molecular weight is 204 g/mol. The molecule has 1 aliphatic heterocycles. The SMILES string of the molecule is C=CCOc1ccccc1CCC1CO1. The van der Waals surface area contributed by atoms with E-state index in [4.69, 9.17) is 9.47 Å². The normalized spacial score (nSPS) is 18.5. The topological polar surface area (TPSA) is 21.8 Å². The van der Waals surface area contributed by atoms with Crippen molar-refractivity contribution in [3.05, 3.63) is 42.5 Å². The van der Waals surface area contributed by atoms with E-state index in [0.717, 1.165) is 25.2 Å². The fraction of sp³-hybridized carbons (Fsp3) is 0.385. The number of rotatable bonds is 6. The minimum Gasteiger partial charge on any atom is -0.489 e. The lowest BCUT2D eigenvalue weighted by molar-refractivity contribution is 0.356. The van der Waals surface area contributed by atoms with E-state index >= 15 is 0 Å². The van der Waals surface area contributed by atoms with Crippen molar-refractivity contribution in [1.82, 2.24) is 0 Å². The van der Waals surface area contributed by atoms with Crippen LogP contribution in [0.25, 0.3) is 0 Å². The Balaban J connectivity index is 1.95. The molecule has 1 heterocycles. The van der Waals surface area contributed by atoms with E-state index in [0.29, 0.717) is 12.7 Å². The molecule has 0 radical (unpaired) electrons. The van der Waals surface area contributed by atoms with Gasteiger partial charge in [-0.2, -0.15) is 0 Å². The quantitative estimate of drug-likeness (QED) is 0.524. The van der Waals surface area contributed by atoms with Gasteiger partial charge in [0.1, 0.15) is 12.4 Å². The highest BCUT2D eigenvalue weighted by molar-refractivity contribution is 5.33. The first-order valence-corrected chi connectivity index (χ1v) is 5.33. The van der Waals surface area contributed by atoms with E-state index in [-0.39, 0.29) is 0 Å². The first kappa shape index (κ1) is 10.2. The molecule has 1 aromatic carbocycles. The molecule has 0 aliphatic carbocycles. The summed E-state index contributed by atoms with van der Waals surface area (Å²) in [6, 6.07) is 8.16. The Morgan fingerprint density at radius 2 is 2.27 bits per heavy atom. The summed E-state index contributed by atoms with van der Waals surface area (Å²) in [5.41, 5.74) is 1.26. The van der Waals surface area contributed by atoms with Gasteiger partial charge in [0.15, 0.2) is 0 Å². The number of hydrogen-bond donors (Lipinski definition) is 0. The van der Waals surface area contributed by atoms with Gasteiger partial charge in [0.05, 0.1) is 12.7 Å². The van der Waals surface area contributed by atoms with Gasteiger partial charge >= 0.3 is 0 Å². The second kappa shape index (κ2) is 4.99. The zero-order valence-electron chi connectivity index (χ0n) is 8.82. The van der Waals surface area contributed by atoms with Gasteiger partial charge in [-0.15, -0.1) is 0 Å². The summed E-state index contributed by atoms with van der Waals surface area (Å²) in [6.07, 6.45) is 4.37. The molecule has 1 fully saturated rings. The molecule has 1 aromatic rings. The molecule has 0 spiro atoms. The lowest BCUT2D eigenvalue weighted by Gasteiger charge is -2.09. The van der Waals surface area contributed by atoms with Crippen LogP contribution in [0, 0.1) is 0 Å². The number of ether oxygens (including phenoxy) is 2. The molecule has 2 heteroatoms. The predicted molar refractivity (Wildman–Crippen MR) is 60.2 cm³/mol. The Bertz CT molecular complexity index is 329. The summed E-state index contributed by atoms with van der Waals surface area (Å²) in [5.74, 6) is 0.970. The molecule has 1 saturated heterocycles. The Kier molecular flexibility index (Phi) is 3.41. The van der Waals surface area contributed by atoms with Crippen LogP contribution in [0.4, 0.5) is 0 Å². The van der Waals surface area contributed by atoms with Crippen LogP contribution >= 0.6 is 0 Å². The second-order valence-electron chi connectivity index (χ2n) is 3.70. The van der Waals surface area contributed by atoms with Crippen LogP contribution in [0.5, 0.6) is 5.75 Å². The molecule has 1 aliphatic rings. The molecule has 0 aromatic heterocycles. The van der Waals surface area contributed by atoms with Crippen molar-refractivity contribution in [3.63, 3.8) is 0 Å². The molecule has 0 N–H and O–H groups in total. The Labute approximate surface area is 90.5 Å². The first-order chi connectivity index (χ1) is 7.40. The van der Waals surface area contributed by atoms with Gasteiger partial charge in [0, 0.05) is 0 Å². The van der Waals surface area contributed by atoms with Gasteiger partial charge in [-0.25, -0.2) is 0 Å². The number of hydrogen-bond acceptors (Lipinski definition) is 2. The third-order valence-corrected chi connectivity index (χ3v) is 2.47.